The van der Waals surface area contributed by atoms with E-state index in [0.717, 1.165) is 13.0 Å². The number of benzene rings is 1. The first-order valence-corrected chi connectivity index (χ1v) is 6.56. The molecule has 1 aromatic rings. The minimum atomic E-state index is -0.298. The largest absolute Gasteiger partial charge is 0.466 e. The van der Waals surface area contributed by atoms with E-state index >= 15 is 0 Å². The minimum absolute atomic E-state index is 0.138. The van der Waals surface area contributed by atoms with E-state index in [1.165, 1.54) is 16.7 Å². The van der Waals surface area contributed by atoms with Gasteiger partial charge in [0, 0.05) is 6.54 Å². The molecule has 1 heterocycles. The van der Waals surface area contributed by atoms with Crippen LogP contribution in [0.1, 0.15) is 37.0 Å². The molecule has 1 aliphatic rings. The van der Waals surface area contributed by atoms with Gasteiger partial charge in [0.05, 0.1) is 18.6 Å². The Morgan fingerprint density at radius 3 is 3.00 bits per heavy atom. The van der Waals surface area contributed by atoms with Crippen LogP contribution in [0.5, 0.6) is 0 Å². The lowest BCUT2D eigenvalue weighted by molar-refractivity contribution is -0.144. The van der Waals surface area contributed by atoms with Crippen molar-refractivity contribution in [3.63, 3.8) is 0 Å². The fraction of sp³-hybridized carbons (Fsp3) is 0.533. The van der Waals surface area contributed by atoms with E-state index in [-0.39, 0.29) is 11.5 Å². The average Bonchev–Trinajstić information content (AvgIpc) is 2.28. The van der Waals surface area contributed by atoms with Gasteiger partial charge in [-0.05, 0) is 38.3 Å². The van der Waals surface area contributed by atoms with Gasteiger partial charge >= 0.3 is 5.97 Å². The van der Waals surface area contributed by atoms with Crippen LogP contribution in [0, 0.1) is 6.92 Å². The molecule has 98 valence electrons. The number of hydrogen-bond acceptors (Lipinski definition) is 3. The van der Waals surface area contributed by atoms with Crippen molar-refractivity contribution >= 4 is 5.97 Å². The highest BCUT2D eigenvalue weighted by Crippen LogP contribution is 2.32. The van der Waals surface area contributed by atoms with E-state index in [4.69, 9.17) is 4.74 Å². The monoisotopic (exact) mass is 247 g/mol. The lowest BCUT2D eigenvalue weighted by Gasteiger charge is -2.36. The number of esters is 1. The summed E-state index contributed by atoms with van der Waals surface area (Å²) in [5, 5.41) is 3.46. The molecule has 3 nitrogen and oxygen atoms in total. The molecule has 0 aromatic heterocycles. The van der Waals surface area contributed by atoms with Gasteiger partial charge in [-0.2, -0.15) is 0 Å². The molecule has 0 aliphatic carbocycles. The zero-order valence-electron chi connectivity index (χ0n) is 11.4. The number of fused-ring (bicyclic) bond motifs is 1. The first-order chi connectivity index (χ1) is 8.55. The number of aryl methyl sites for hydroxylation is 1. The van der Waals surface area contributed by atoms with Crippen LogP contribution >= 0.6 is 0 Å². The molecule has 1 unspecified atom stereocenters. The van der Waals surface area contributed by atoms with Crippen molar-refractivity contribution in [1.82, 2.24) is 5.32 Å². The summed E-state index contributed by atoms with van der Waals surface area (Å²) in [5.41, 5.74) is 3.55. The molecule has 3 heteroatoms. The number of ether oxygens (including phenoxy) is 1. The van der Waals surface area contributed by atoms with Crippen molar-refractivity contribution in [2.75, 3.05) is 13.2 Å². The molecule has 0 saturated heterocycles. The molecule has 0 amide bonds. The Bertz CT molecular complexity index is 456. The Morgan fingerprint density at radius 1 is 1.50 bits per heavy atom. The highest BCUT2D eigenvalue weighted by Gasteiger charge is 2.34. The quantitative estimate of drug-likeness (QED) is 0.833. The maximum absolute atomic E-state index is 11.7. The Labute approximate surface area is 109 Å². The minimum Gasteiger partial charge on any atom is -0.466 e. The lowest BCUT2D eigenvalue weighted by Crippen LogP contribution is -2.46. The van der Waals surface area contributed by atoms with Crippen LogP contribution in [-0.4, -0.2) is 19.1 Å². The van der Waals surface area contributed by atoms with Gasteiger partial charge in [0.2, 0.25) is 0 Å². The van der Waals surface area contributed by atoms with Crippen molar-refractivity contribution in [3.8, 4) is 0 Å². The second-order valence-corrected chi connectivity index (χ2v) is 5.15. The highest BCUT2D eigenvalue weighted by molar-refractivity contribution is 5.71. The third kappa shape index (κ3) is 2.56. The van der Waals surface area contributed by atoms with Crippen LogP contribution < -0.4 is 5.32 Å². The second-order valence-electron chi connectivity index (χ2n) is 5.15. The molecular formula is C15H21NO2. The summed E-state index contributed by atoms with van der Waals surface area (Å²) >= 11 is 0. The van der Waals surface area contributed by atoms with Gasteiger partial charge in [-0.25, -0.2) is 0 Å². The van der Waals surface area contributed by atoms with Gasteiger partial charge in [-0.1, -0.05) is 23.8 Å². The zero-order chi connectivity index (χ0) is 13.2. The fourth-order valence-corrected chi connectivity index (χ4v) is 2.69. The number of rotatable bonds is 3. The molecule has 1 atom stereocenters. The number of carbonyl (C=O) groups is 1. The van der Waals surface area contributed by atoms with Gasteiger partial charge in [0.15, 0.2) is 0 Å². The fourth-order valence-electron chi connectivity index (χ4n) is 2.69. The second kappa shape index (κ2) is 5.11. The van der Waals surface area contributed by atoms with Gasteiger partial charge < -0.3 is 10.1 Å². The van der Waals surface area contributed by atoms with Gasteiger partial charge in [-0.15, -0.1) is 0 Å². The van der Waals surface area contributed by atoms with E-state index in [1.54, 1.807) is 0 Å². The molecule has 18 heavy (non-hydrogen) atoms. The van der Waals surface area contributed by atoms with Gasteiger partial charge in [-0.3, -0.25) is 4.79 Å². The smallest absolute Gasteiger partial charge is 0.307 e. The average molecular weight is 247 g/mol. The molecule has 0 bridgehead atoms. The number of carbonyl (C=O) groups excluding carboxylic acids is 1. The molecule has 0 saturated carbocycles. The SMILES string of the molecule is CCOC(=O)CC1(C)NCCc2cc(C)ccc21. The Hall–Kier alpha value is -1.35. The summed E-state index contributed by atoms with van der Waals surface area (Å²) in [7, 11) is 0. The van der Waals surface area contributed by atoms with Gasteiger partial charge in [0.1, 0.15) is 0 Å². The lowest BCUT2D eigenvalue weighted by atomic mass is 9.81. The van der Waals surface area contributed by atoms with Crippen LogP contribution in [0.4, 0.5) is 0 Å². The van der Waals surface area contributed by atoms with Crippen molar-refractivity contribution in [3.05, 3.63) is 34.9 Å². The van der Waals surface area contributed by atoms with Crippen molar-refractivity contribution < 1.29 is 9.53 Å². The zero-order valence-corrected chi connectivity index (χ0v) is 11.4. The van der Waals surface area contributed by atoms with Crippen LogP contribution in [-0.2, 0) is 21.5 Å². The van der Waals surface area contributed by atoms with E-state index in [0.29, 0.717) is 13.0 Å². The van der Waals surface area contributed by atoms with E-state index in [2.05, 4.69) is 37.4 Å². The first kappa shape index (κ1) is 13.1. The maximum Gasteiger partial charge on any atom is 0.307 e. The molecule has 0 fully saturated rings. The summed E-state index contributed by atoms with van der Waals surface area (Å²) in [4.78, 5) is 11.7. The van der Waals surface area contributed by atoms with Crippen molar-refractivity contribution in [1.29, 1.82) is 0 Å². The van der Waals surface area contributed by atoms with Gasteiger partial charge in [0.25, 0.3) is 0 Å². The molecular weight excluding hydrogens is 226 g/mol. The standard InChI is InChI=1S/C15H21NO2/c1-4-18-14(17)10-15(3)13-6-5-11(2)9-12(13)7-8-16-15/h5-6,9,16H,4,7-8,10H2,1-3H3. The predicted octanol–water partition coefficient (Wildman–Crippen LogP) is 2.31. The summed E-state index contributed by atoms with van der Waals surface area (Å²) in [6, 6.07) is 6.46. The molecule has 1 N–H and O–H groups in total. The molecule has 1 aliphatic heterocycles. The summed E-state index contributed by atoms with van der Waals surface area (Å²) < 4.78 is 5.07. The highest BCUT2D eigenvalue weighted by atomic mass is 16.5. The van der Waals surface area contributed by atoms with E-state index in [1.807, 2.05) is 6.92 Å². The third-order valence-corrected chi connectivity index (χ3v) is 3.57. The summed E-state index contributed by atoms with van der Waals surface area (Å²) in [5.74, 6) is -0.138. The van der Waals surface area contributed by atoms with Crippen molar-refractivity contribution in [2.24, 2.45) is 0 Å². The maximum atomic E-state index is 11.7. The molecule has 2 rings (SSSR count). The Balaban J connectivity index is 2.27. The first-order valence-electron chi connectivity index (χ1n) is 6.56. The number of hydrogen-bond donors (Lipinski definition) is 1. The number of nitrogens with one attached hydrogen (secondary N) is 1. The van der Waals surface area contributed by atoms with Crippen LogP contribution in [0.25, 0.3) is 0 Å². The molecule has 1 aromatic carbocycles. The summed E-state index contributed by atoms with van der Waals surface area (Å²) in [6.07, 6.45) is 1.41. The normalized spacial score (nSPS) is 22.4. The van der Waals surface area contributed by atoms with Crippen LogP contribution in [0.3, 0.4) is 0 Å². The Kier molecular flexibility index (Phi) is 3.71. The Morgan fingerprint density at radius 2 is 2.28 bits per heavy atom. The topological polar surface area (TPSA) is 38.3 Å². The predicted molar refractivity (Wildman–Crippen MR) is 71.5 cm³/mol. The van der Waals surface area contributed by atoms with E-state index < -0.39 is 0 Å². The van der Waals surface area contributed by atoms with Crippen LogP contribution in [0.2, 0.25) is 0 Å². The van der Waals surface area contributed by atoms with E-state index in [9.17, 15) is 4.79 Å². The van der Waals surface area contributed by atoms with Crippen LogP contribution in [0.15, 0.2) is 18.2 Å². The van der Waals surface area contributed by atoms with Crippen molar-refractivity contribution in [2.45, 2.75) is 39.2 Å². The molecule has 0 radical (unpaired) electrons. The third-order valence-electron chi connectivity index (χ3n) is 3.57. The molecule has 0 spiro atoms. The summed E-state index contributed by atoms with van der Waals surface area (Å²) in [6.45, 7) is 7.37.